The lowest BCUT2D eigenvalue weighted by atomic mass is 10.1. The fourth-order valence-corrected chi connectivity index (χ4v) is 3.83. The van der Waals surface area contributed by atoms with E-state index in [4.69, 9.17) is 0 Å². The molecular weight excluding hydrogens is 314 g/mol. The molecule has 0 bridgehead atoms. The van der Waals surface area contributed by atoms with Gasteiger partial charge in [0.15, 0.2) is 6.17 Å². The third kappa shape index (κ3) is 2.93. The molecule has 0 saturated carbocycles. The standard InChI is InChI=1S/C16H17N3O3S/c1-10-6-5-7-11(2)14(10)18-16(20)15-17-12-8-3-4-9-13(12)23(21,22)19-15/h3-9,15,17,19H,1-2H3,(H,18,20)/t15-/m1/s1. The molecule has 0 radical (unpaired) electrons. The number of para-hydroxylation sites is 2. The molecule has 7 heteroatoms. The predicted octanol–water partition coefficient (Wildman–Crippen LogP) is 1.97. The Balaban J connectivity index is 1.88. The molecule has 2 aromatic rings. The van der Waals surface area contributed by atoms with Gasteiger partial charge in [-0.2, -0.15) is 4.72 Å². The Morgan fingerprint density at radius 1 is 1.04 bits per heavy atom. The molecule has 0 saturated heterocycles. The van der Waals surface area contributed by atoms with Crippen molar-refractivity contribution >= 4 is 27.3 Å². The first-order valence-corrected chi connectivity index (χ1v) is 8.62. The minimum absolute atomic E-state index is 0.135. The van der Waals surface area contributed by atoms with Crippen molar-refractivity contribution in [1.29, 1.82) is 0 Å². The average Bonchev–Trinajstić information content (AvgIpc) is 2.50. The van der Waals surface area contributed by atoms with Crippen LogP contribution in [0.2, 0.25) is 0 Å². The van der Waals surface area contributed by atoms with Crippen molar-refractivity contribution in [2.75, 3.05) is 10.6 Å². The third-order valence-corrected chi connectivity index (χ3v) is 5.22. The van der Waals surface area contributed by atoms with Gasteiger partial charge in [0, 0.05) is 5.69 Å². The van der Waals surface area contributed by atoms with Gasteiger partial charge in [0.05, 0.1) is 5.69 Å². The molecule has 0 aliphatic carbocycles. The molecule has 0 fully saturated rings. The van der Waals surface area contributed by atoms with Crippen LogP contribution in [0.4, 0.5) is 11.4 Å². The van der Waals surface area contributed by atoms with E-state index in [-0.39, 0.29) is 4.90 Å². The fourth-order valence-electron chi connectivity index (χ4n) is 2.55. The topological polar surface area (TPSA) is 87.3 Å². The van der Waals surface area contributed by atoms with Gasteiger partial charge in [-0.1, -0.05) is 30.3 Å². The Morgan fingerprint density at radius 3 is 2.39 bits per heavy atom. The van der Waals surface area contributed by atoms with Crippen LogP contribution in [0.1, 0.15) is 11.1 Å². The number of rotatable bonds is 2. The Kier molecular flexibility index (Phi) is 3.83. The van der Waals surface area contributed by atoms with E-state index >= 15 is 0 Å². The molecule has 0 spiro atoms. The minimum Gasteiger partial charge on any atom is -0.360 e. The molecule has 1 atom stereocenters. The van der Waals surface area contributed by atoms with Gasteiger partial charge in [0.1, 0.15) is 4.90 Å². The quantitative estimate of drug-likeness (QED) is 0.785. The van der Waals surface area contributed by atoms with Gasteiger partial charge in [-0.3, -0.25) is 4.79 Å². The number of carbonyl (C=O) groups excluding carboxylic acids is 1. The molecule has 0 unspecified atom stereocenters. The number of hydrogen-bond acceptors (Lipinski definition) is 4. The van der Waals surface area contributed by atoms with E-state index in [1.165, 1.54) is 6.07 Å². The van der Waals surface area contributed by atoms with Crippen LogP contribution in [0, 0.1) is 13.8 Å². The normalized spacial score (nSPS) is 18.6. The second kappa shape index (κ2) is 5.68. The van der Waals surface area contributed by atoms with Crippen LogP contribution in [0.3, 0.4) is 0 Å². The zero-order valence-electron chi connectivity index (χ0n) is 12.8. The summed E-state index contributed by atoms with van der Waals surface area (Å²) >= 11 is 0. The lowest BCUT2D eigenvalue weighted by Gasteiger charge is -2.27. The SMILES string of the molecule is Cc1cccc(C)c1NC(=O)[C@@H]1Nc2ccccc2S(=O)(=O)N1. The Hall–Kier alpha value is -2.38. The highest BCUT2D eigenvalue weighted by molar-refractivity contribution is 7.89. The molecule has 1 aliphatic heterocycles. The van der Waals surface area contributed by atoms with E-state index in [0.29, 0.717) is 11.4 Å². The number of aryl methyl sites for hydroxylation is 2. The summed E-state index contributed by atoms with van der Waals surface area (Å²) in [7, 11) is -3.72. The van der Waals surface area contributed by atoms with Crippen molar-refractivity contribution in [3.8, 4) is 0 Å². The summed E-state index contributed by atoms with van der Waals surface area (Å²) in [5.74, 6) is -0.458. The second-order valence-electron chi connectivity index (χ2n) is 5.45. The van der Waals surface area contributed by atoms with Crippen molar-refractivity contribution in [3.63, 3.8) is 0 Å². The van der Waals surface area contributed by atoms with Gasteiger partial charge < -0.3 is 10.6 Å². The zero-order valence-corrected chi connectivity index (χ0v) is 13.6. The summed E-state index contributed by atoms with van der Waals surface area (Å²) in [6.45, 7) is 3.77. The molecule has 1 aliphatic rings. The number of benzene rings is 2. The summed E-state index contributed by atoms with van der Waals surface area (Å²) in [6, 6.07) is 12.1. The molecule has 23 heavy (non-hydrogen) atoms. The maximum Gasteiger partial charge on any atom is 0.262 e. The van der Waals surface area contributed by atoms with Crippen LogP contribution in [0.15, 0.2) is 47.4 Å². The fraction of sp³-hybridized carbons (Fsp3) is 0.188. The average molecular weight is 331 g/mol. The molecule has 3 N–H and O–H groups in total. The Labute approximate surface area is 135 Å². The van der Waals surface area contributed by atoms with E-state index < -0.39 is 22.1 Å². The first kappa shape index (κ1) is 15.5. The highest BCUT2D eigenvalue weighted by atomic mass is 32.2. The summed E-state index contributed by atoms with van der Waals surface area (Å²) in [4.78, 5) is 12.6. The predicted molar refractivity (Wildman–Crippen MR) is 88.7 cm³/mol. The summed E-state index contributed by atoms with van der Waals surface area (Å²) in [5.41, 5.74) is 2.93. The monoisotopic (exact) mass is 331 g/mol. The largest absolute Gasteiger partial charge is 0.360 e. The van der Waals surface area contributed by atoms with Gasteiger partial charge in [0.2, 0.25) is 10.0 Å². The van der Waals surface area contributed by atoms with Crippen molar-refractivity contribution in [2.45, 2.75) is 24.9 Å². The Morgan fingerprint density at radius 2 is 1.70 bits per heavy atom. The summed E-state index contributed by atoms with van der Waals surface area (Å²) in [6.07, 6.45) is -1.06. The number of anilines is 2. The second-order valence-corrected chi connectivity index (χ2v) is 7.13. The molecule has 2 aromatic carbocycles. The number of hydrogen-bond donors (Lipinski definition) is 3. The van der Waals surface area contributed by atoms with E-state index in [9.17, 15) is 13.2 Å². The highest BCUT2D eigenvalue weighted by Crippen LogP contribution is 2.26. The third-order valence-electron chi connectivity index (χ3n) is 3.74. The number of carbonyl (C=O) groups is 1. The van der Waals surface area contributed by atoms with Crippen LogP contribution < -0.4 is 15.4 Å². The van der Waals surface area contributed by atoms with Gasteiger partial charge in [-0.05, 0) is 37.1 Å². The Bertz CT molecular complexity index is 858. The minimum atomic E-state index is -3.72. The van der Waals surface area contributed by atoms with E-state index in [1.807, 2.05) is 32.0 Å². The summed E-state index contributed by atoms with van der Waals surface area (Å²) < 4.78 is 26.8. The van der Waals surface area contributed by atoms with E-state index in [1.54, 1.807) is 18.2 Å². The molecule has 6 nitrogen and oxygen atoms in total. The van der Waals surface area contributed by atoms with Crippen molar-refractivity contribution < 1.29 is 13.2 Å². The first-order chi connectivity index (χ1) is 10.9. The van der Waals surface area contributed by atoms with Crippen molar-refractivity contribution in [3.05, 3.63) is 53.6 Å². The maximum absolute atomic E-state index is 12.5. The molecule has 1 heterocycles. The number of sulfonamides is 1. The summed E-state index contributed by atoms with van der Waals surface area (Å²) in [5, 5.41) is 5.70. The molecule has 120 valence electrons. The number of amides is 1. The van der Waals surface area contributed by atoms with Crippen LogP contribution >= 0.6 is 0 Å². The van der Waals surface area contributed by atoms with Crippen molar-refractivity contribution in [2.24, 2.45) is 0 Å². The van der Waals surface area contributed by atoms with Crippen LogP contribution in [0.5, 0.6) is 0 Å². The van der Waals surface area contributed by atoms with Gasteiger partial charge >= 0.3 is 0 Å². The number of fused-ring (bicyclic) bond motifs is 1. The molecule has 0 aromatic heterocycles. The van der Waals surface area contributed by atoms with Crippen LogP contribution in [-0.4, -0.2) is 20.5 Å². The van der Waals surface area contributed by atoms with Gasteiger partial charge in [0.25, 0.3) is 5.91 Å². The highest BCUT2D eigenvalue weighted by Gasteiger charge is 2.33. The van der Waals surface area contributed by atoms with Crippen molar-refractivity contribution in [1.82, 2.24) is 4.72 Å². The number of nitrogens with one attached hydrogen (secondary N) is 3. The molecule has 3 rings (SSSR count). The maximum atomic E-state index is 12.5. The van der Waals surface area contributed by atoms with E-state index in [2.05, 4.69) is 15.4 Å². The van der Waals surface area contributed by atoms with Gasteiger partial charge in [-0.25, -0.2) is 8.42 Å². The lowest BCUT2D eigenvalue weighted by molar-refractivity contribution is -0.117. The molecule has 1 amide bonds. The lowest BCUT2D eigenvalue weighted by Crippen LogP contribution is -2.51. The van der Waals surface area contributed by atoms with Crippen LogP contribution in [-0.2, 0) is 14.8 Å². The van der Waals surface area contributed by atoms with Crippen LogP contribution in [0.25, 0.3) is 0 Å². The smallest absolute Gasteiger partial charge is 0.262 e. The zero-order chi connectivity index (χ0) is 16.6. The first-order valence-electron chi connectivity index (χ1n) is 7.13. The van der Waals surface area contributed by atoms with Gasteiger partial charge in [-0.15, -0.1) is 0 Å². The molecular formula is C16H17N3O3S. The van der Waals surface area contributed by atoms with E-state index in [0.717, 1.165) is 11.1 Å².